The van der Waals surface area contributed by atoms with Crippen molar-refractivity contribution >= 4 is 0 Å². The first kappa shape index (κ1) is 13.4. The zero-order valence-electron chi connectivity index (χ0n) is 12.0. The van der Waals surface area contributed by atoms with E-state index in [1.807, 2.05) is 0 Å². The van der Waals surface area contributed by atoms with Gasteiger partial charge in [-0.1, -0.05) is 46.0 Å². The zero-order valence-corrected chi connectivity index (χ0v) is 12.0. The highest BCUT2D eigenvalue weighted by molar-refractivity contribution is 4.90. The third kappa shape index (κ3) is 3.05. The smallest absolute Gasteiger partial charge is 0.0123 e. The standard InChI is InChI=1S/C16H31N/c1-4-13-8-10-14(11-9-13)16(17-3)15-7-5-6-12(15)2/h12-17H,4-11H2,1-3H3. The molecule has 1 N–H and O–H groups in total. The van der Waals surface area contributed by atoms with Gasteiger partial charge in [-0.25, -0.2) is 0 Å². The van der Waals surface area contributed by atoms with Crippen molar-refractivity contribution in [1.29, 1.82) is 0 Å². The normalized spacial score (nSPS) is 40.4. The first-order valence-corrected chi connectivity index (χ1v) is 7.93. The summed E-state index contributed by atoms with van der Waals surface area (Å²) in [6, 6.07) is 0.810. The van der Waals surface area contributed by atoms with Crippen LogP contribution in [-0.2, 0) is 0 Å². The molecule has 0 bridgehead atoms. The van der Waals surface area contributed by atoms with E-state index in [-0.39, 0.29) is 0 Å². The van der Waals surface area contributed by atoms with Crippen LogP contribution in [0.1, 0.15) is 65.2 Å². The van der Waals surface area contributed by atoms with E-state index in [4.69, 9.17) is 0 Å². The maximum absolute atomic E-state index is 3.68. The van der Waals surface area contributed by atoms with E-state index < -0.39 is 0 Å². The SMILES string of the molecule is CCC1CCC(C(NC)C2CCCC2C)CC1. The Morgan fingerprint density at radius 1 is 1.06 bits per heavy atom. The first-order valence-electron chi connectivity index (χ1n) is 7.93. The largest absolute Gasteiger partial charge is 0.316 e. The van der Waals surface area contributed by atoms with Crippen LogP contribution in [0.5, 0.6) is 0 Å². The molecule has 2 rings (SSSR count). The van der Waals surface area contributed by atoms with Crippen LogP contribution in [0.15, 0.2) is 0 Å². The lowest BCUT2D eigenvalue weighted by Gasteiger charge is -2.38. The van der Waals surface area contributed by atoms with Crippen LogP contribution in [0.25, 0.3) is 0 Å². The van der Waals surface area contributed by atoms with Crippen LogP contribution < -0.4 is 5.32 Å². The fraction of sp³-hybridized carbons (Fsp3) is 1.00. The van der Waals surface area contributed by atoms with E-state index in [0.717, 1.165) is 29.7 Å². The molecule has 17 heavy (non-hydrogen) atoms. The van der Waals surface area contributed by atoms with Crippen molar-refractivity contribution in [2.75, 3.05) is 7.05 Å². The molecule has 0 saturated heterocycles. The molecule has 0 spiro atoms. The van der Waals surface area contributed by atoms with E-state index in [2.05, 4.69) is 26.2 Å². The van der Waals surface area contributed by atoms with E-state index in [1.165, 1.54) is 51.4 Å². The van der Waals surface area contributed by atoms with Gasteiger partial charge in [-0.3, -0.25) is 0 Å². The van der Waals surface area contributed by atoms with Gasteiger partial charge in [0.1, 0.15) is 0 Å². The molecule has 0 aromatic heterocycles. The molecule has 0 aliphatic heterocycles. The van der Waals surface area contributed by atoms with Crippen LogP contribution in [0.4, 0.5) is 0 Å². The Bertz CT molecular complexity index is 218. The predicted octanol–water partition coefficient (Wildman–Crippen LogP) is 4.23. The summed E-state index contributed by atoms with van der Waals surface area (Å²) < 4.78 is 0. The molecule has 0 radical (unpaired) electrons. The molecule has 2 aliphatic carbocycles. The minimum absolute atomic E-state index is 0.810. The van der Waals surface area contributed by atoms with Crippen LogP contribution in [0, 0.1) is 23.7 Å². The maximum Gasteiger partial charge on any atom is 0.0123 e. The van der Waals surface area contributed by atoms with Crippen LogP contribution in [0.3, 0.4) is 0 Å². The van der Waals surface area contributed by atoms with Crippen molar-refractivity contribution in [1.82, 2.24) is 5.32 Å². The molecule has 2 saturated carbocycles. The lowest BCUT2D eigenvalue weighted by Crippen LogP contribution is -2.42. The Morgan fingerprint density at radius 2 is 1.76 bits per heavy atom. The van der Waals surface area contributed by atoms with Gasteiger partial charge in [0, 0.05) is 6.04 Å². The topological polar surface area (TPSA) is 12.0 Å². The van der Waals surface area contributed by atoms with Crippen molar-refractivity contribution in [3.8, 4) is 0 Å². The van der Waals surface area contributed by atoms with E-state index >= 15 is 0 Å². The van der Waals surface area contributed by atoms with Gasteiger partial charge >= 0.3 is 0 Å². The fourth-order valence-corrected chi connectivity index (χ4v) is 4.46. The van der Waals surface area contributed by atoms with Crippen molar-refractivity contribution in [2.45, 2.75) is 71.3 Å². The molecule has 2 fully saturated rings. The molecule has 0 aromatic rings. The molecule has 3 atom stereocenters. The highest BCUT2D eigenvalue weighted by atomic mass is 14.9. The van der Waals surface area contributed by atoms with Crippen molar-refractivity contribution in [3.05, 3.63) is 0 Å². The molecule has 1 nitrogen and oxygen atoms in total. The minimum Gasteiger partial charge on any atom is -0.316 e. The molecular formula is C16H31N. The second-order valence-corrected chi connectivity index (χ2v) is 6.58. The van der Waals surface area contributed by atoms with E-state index in [1.54, 1.807) is 0 Å². The molecule has 100 valence electrons. The van der Waals surface area contributed by atoms with Gasteiger partial charge in [0.25, 0.3) is 0 Å². The zero-order chi connectivity index (χ0) is 12.3. The second-order valence-electron chi connectivity index (χ2n) is 6.58. The summed E-state index contributed by atoms with van der Waals surface area (Å²) in [6.07, 6.45) is 11.7. The van der Waals surface area contributed by atoms with Gasteiger partial charge in [-0.2, -0.15) is 0 Å². The van der Waals surface area contributed by atoms with Gasteiger partial charge in [-0.15, -0.1) is 0 Å². The van der Waals surface area contributed by atoms with Gasteiger partial charge in [0.2, 0.25) is 0 Å². The summed E-state index contributed by atoms with van der Waals surface area (Å²) in [6.45, 7) is 4.83. The molecule has 3 unspecified atom stereocenters. The summed E-state index contributed by atoms with van der Waals surface area (Å²) in [4.78, 5) is 0. The lowest BCUT2D eigenvalue weighted by atomic mass is 9.72. The van der Waals surface area contributed by atoms with Crippen molar-refractivity contribution < 1.29 is 0 Å². The van der Waals surface area contributed by atoms with Crippen molar-refractivity contribution in [2.24, 2.45) is 23.7 Å². The number of hydrogen-bond donors (Lipinski definition) is 1. The molecule has 1 heteroatoms. The fourth-order valence-electron chi connectivity index (χ4n) is 4.46. The highest BCUT2D eigenvalue weighted by Gasteiger charge is 2.36. The van der Waals surface area contributed by atoms with Crippen molar-refractivity contribution in [3.63, 3.8) is 0 Å². The highest BCUT2D eigenvalue weighted by Crippen LogP contribution is 2.41. The first-order chi connectivity index (χ1) is 8.26. The van der Waals surface area contributed by atoms with Crippen LogP contribution in [-0.4, -0.2) is 13.1 Å². The number of nitrogens with one attached hydrogen (secondary N) is 1. The quantitative estimate of drug-likeness (QED) is 0.771. The molecule has 0 amide bonds. The average molecular weight is 237 g/mol. The van der Waals surface area contributed by atoms with Gasteiger partial charge in [0.05, 0.1) is 0 Å². The molecule has 0 heterocycles. The minimum atomic E-state index is 0.810. The Balaban J connectivity index is 1.90. The lowest BCUT2D eigenvalue weighted by molar-refractivity contribution is 0.164. The molecular weight excluding hydrogens is 206 g/mol. The summed E-state index contributed by atoms with van der Waals surface area (Å²) in [5.74, 6) is 3.91. The van der Waals surface area contributed by atoms with Gasteiger partial charge < -0.3 is 5.32 Å². The Kier molecular flexibility index (Phi) is 4.90. The Hall–Kier alpha value is -0.0400. The number of hydrogen-bond acceptors (Lipinski definition) is 1. The molecule has 2 aliphatic rings. The monoisotopic (exact) mass is 237 g/mol. The van der Waals surface area contributed by atoms with Gasteiger partial charge in [-0.05, 0) is 50.0 Å². The average Bonchev–Trinajstić information content (AvgIpc) is 2.78. The summed E-state index contributed by atoms with van der Waals surface area (Å²) in [5.41, 5.74) is 0. The second kappa shape index (κ2) is 6.22. The number of rotatable bonds is 4. The predicted molar refractivity (Wildman–Crippen MR) is 75.1 cm³/mol. The third-order valence-electron chi connectivity index (χ3n) is 5.70. The Morgan fingerprint density at radius 3 is 2.24 bits per heavy atom. The summed E-state index contributed by atoms with van der Waals surface area (Å²) in [7, 11) is 2.20. The Labute approximate surface area is 108 Å². The third-order valence-corrected chi connectivity index (χ3v) is 5.70. The summed E-state index contributed by atoms with van der Waals surface area (Å²) in [5, 5.41) is 3.68. The van der Waals surface area contributed by atoms with E-state index in [0.29, 0.717) is 0 Å². The van der Waals surface area contributed by atoms with E-state index in [9.17, 15) is 0 Å². The van der Waals surface area contributed by atoms with Gasteiger partial charge in [0.15, 0.2) is 0 Å². The molecule has 0 aromatic carbocycles. The van der Waals surface area contributed by atoms with Crippen LogP contribution in [0.2, 0.25) is 0 Å². The summed E-state index contributed by atoms with van der Waals surface area (Å²) >= 11 is 0. The van der Waals surface area contributed by atoms with Crippen LogP contribution >= 0.6 is 0 Å². The maximum atomic E-state index is 3.68.